The van der Waals surface area contributed by atoms with Gasteiger partial charge in [0.15, 0.2) is 0 Å². The maximum atomic E-state index is 13.8. The highest BCUT2D eigenvalue weighted by molar-refractivity contribution is 5.86. The first-order chi connectivity index (χ1) is 19.0. The number of carboxylic acid groups (broad SMARTS) is 1. The maximum Gasteiger partial charge on any atom is 0.416 e. The van der Waals surface area contributed by atoms with E-state index in [0.717, 1.165) is 30.5 Å². The molecule has 0 spiro atoms. The van der Waals surface area contributed by atoms with Gasteiger partial charge < -0.3 is 15.2 Å². The molecule has 1 aliphatic carbocycles. The van der Waals surface area contributed by atoms with E-state index in [9.17, 15) is 36.6 Å². The van der Waals surface area contributed by atoms with Crippen molar-refractivity contribution in [3.63, 3.8) is 0 Å². The number of likely N-dealkylation sites (tertiary alicyclic amines) is 1. The van der Waals surface area contributed by atoms with Crippen LogP contribution in [-0.4, -0.2) is 53.2 Å². The number of carboxylic acids is 1. The third-order valence-corrected chi connectivity index (χ3v) is 8.52. The van der Waals surface area contributed by atoms with Crippen molar-refractivity contribution >= 4 is 11.9 Å². The highest BCUT2D eigenvalue weighted by Crippen LogP contribution is 2.47. The number of carbonyl (C=O) groups excluding carboxylic acids is 1. The Labute approximate surface area is 228 Å². The lowest BCUT2D eigenvalue weighted by atomic mass is 9.79. The first kappa shape index (κ1) is 28.5. The molecule has 4 atom stereocenters. The lowest BCUT2D eigenvalue weighted by Crippen LogP contribution is -2.58. The zero-order valence-electron chi connectivity index (χ0n) is 21.7. The molecule has 1 amide bonds. The minimum atomic E-state index is -4.70. The molecule has 5 rings (SSSR count). The summed E-state index contributed by atoms with van der Waals surface area (Å²) < 4.78 is 72.6. The van der Waals surface area contributed by atoms with Gasteiger partial charge in [0, 0.05) is 19.1 Å². The fourth-order valence-corrected chi connectivity index (χ4v) is 6.22. The molecule has 40 heavy (non-hydrogen) atoms. The van der Waals surface area contributed by atoms with Crippen LogP contribution in [0.5, 0.6) is 0 Å². The number of ether oxygens (including phenoxy) is 1. The lowest BCUT2D eigenvalue weighted by molar-refractivity contribution is -0.166. The third kappa shape index (κ3) is 6.00. The van der Waals surface area contributed by atoms with E-state index in [2.05, 4.69) is 10.2 Å². The zero-order chi connectivity index (χ0) is 28.7. The summed E-state index contributed by atoms with van der Waals surface area (Å²) in [7, 11) is 0. The molecule has 1 saturated carbocycles. The van der Waals surface area contributed by atoms with Crippen LogP contribution in [0.3, 0.4) is 0 Å². The number of carbonyl (C=O) groups is 2. The second kappa shape index (κ2) is 11.1. The number of nitrogens with zero attached hydrogens (tertiary/aromatic N) is 1. The minimum absolute atomic E-state index is 0.00375. The second-order valence-electron chi connectivity index (χ2n) is 11.1. The molecule has 1 unspecified atom stereocenters. The number of benzene rings is 2. The van der Waals surface area contributed by atoms with Gasteiger partial charge in [-0.2, -0.15) is 13.2 Å². The smallest absolute Gasteiger partial charge is 0.416 e. The molecular formula is C29H31F5N2O4. The van der Waals surface area contributed by atoms with Crippen molar-refractivity contribution in [2.75, 3.05) is 19.7 Å². The van der Waals surface area contributed by atoms with Crippen molar-refractivity contribution in [1.29, 1.82) is 0 Å². The summed E-state index contributed by atoms with van der Waals surface area (Å²) in [6.07, 6.45) is -1.55. The van der Waals surface area contributed by atoms with Crippen LogP contribution < -0.4 is 5.32 Å². The third-order valence-electron chi connectivity index (χ3n) is 8.52. The minimum Gasteiger partial charge on any atom is -0.481 e. The van der Waals surface area contributed by atoms with Crippen molar-refractivity contribution in [1.82, 2.24) is 10.2 Å². The van der Waals surface area contributed by atoms with Gasteiger partial charge in [0.1, 0.15) is 17.2 Å². The average Bonchev–Trinajstić information content (AvgIpc) is 3.77. The van der Waals surface area contributed by atoms with Gasteiger partial charge in [-0.3, -0.25) is 14.5 Å². The van der Waals surface area contributed by atoms with Gasteiger partial charge in [0.2, 0.25) is 0 Å². The fourth-order valence-electron chi connectivity index (χ4n) is 6.22. The molecule has 2 saturated heterocycles. The molecule has 11 heteroatoms. The number of hydrogen-bond acceptors (Lipinski definition) is 4. The van der Waals surface area contributed by atoms with Crippen molar-refractivity contribution in [3.05, 3.63) is 70.8 Å². The van der Waals surface area contributed by atoms with Crippen molar-refractivity contribution < 1.29 is 41.4 Å². The Bertz CT molecular complexity index is 1240. The highest BCUT2D eigenvalue weighted by Gasteiger charge is 2.54. The Morgan fingerprint density at radius 3 is 2.35 bits per heavy atom. The van der Waals surface area contributed by atoms with Crippen molar-refractivity contribution in [2.24, 2.45) is 11.8 Å². The standard InChI is InChI=1S/C29H31F5N2O4/c30-21-5-1-18(2-6-21)24-8-10-36(15-25(24)26(37)38)23-7-9-28(40-16-23,19-3-4-19)27(39)35-14-17-11-20(29(32,33)34)13-22(31)12-17/h1-2,5-6,11-13,19,23-25H,3-4,7-10,14-16H2,(H,35,39)(H,37,38)/t23-,24+,25?,28+/m1/s1. The van der Waals surface area contributed by atoms with E-state index in [1.54, 1.807) is 12.1 Å². The Balaban J connectivity index is 1.22. The van der Waals surface area contributed by atoms with Gasteiger partial charge in [0.25, 0.3) is 5.91 Å². The summed E-state index contributed by atoms with van der Waals surface area (Å²) in [5.74, 6) is -3.68. The van der Waals surface area contributed by atoms with E-state index in [4.69, 9.17) is 4.74 Å². The van der Waals surface area contributed by atoms with Crippen LogP contribution in [0.4, 0.5) is 22.0 Å². The molecule has 0 aromatic heterocycles. The summed E-state index contributed by atoms with van der Waals surface area (Å²) in [5, 5.41) is 12.6. The number of amides is 1. The summed E-state index contributed by atoms with van der Waals surface area (Å²) in [4.78, 5) is 27.5. The van der Waals surface area contributed by atoms with Gasteiger partial charge in [-0.1, -0.05) is 12.1 Å². The molecule has 3 aliphatic rings. The van der Waals surface area contributed by atoms with Crippen LogP contribution in [0.1, 0.15) is 54.7 Å². The summed E-state index contributed by atoms with van der Waals surface area (Å²) >= 11 is 0. The van der Waals surface area contributed by atoms with Crippen LogP contribution in [-0.2, 0) is 27.0 Å². The summed E-state index contributed by atoms with van der Waals surface area (Å²) in [6, 6.07) is 8.04. The van der Waals surface area contributed by atoms with Gasteiger partial charge in [0.05, 0.1) is 18.1 Å². The lowest BCUT2D eigenvalue weighted by Gasteiger charge is -2.46. The van der Waals surface area contributed by atoms with Crippen molar-refractivity contribution in [2.45, 2.75) is 62.4 Å². The molecular weight excluding hydrogens is 535 g/mol. The van der Waals surface area contributed by atoms with E-state index in [1.165, 1.54) is 12.1 Å². The Hall–Kier alpha value is -3.05. The van der Waals surface area contributed by atoms with Gasteiger partial charge in [-0.15, -0.1) is 0 Å². The average molecular weight is 567 g/mol. The molecule has 2 N–H and O–H groups in total. The molecule has 0 radical (unpaired) electrons. The topological polar surface area (TPSA) is 78.9 Å². The van der Waals surface area contributed by atoms with Gasteiger partial charge in [-0.25, -0.2) is 8.78 Å². The van der Waals surface area contributed by atoms with E-state index < -0.39 is 41.0 Å². The predicted molar refractivity (Wildman–Crippen MR) is 134 cm³/mol. The van der Waals surface area contributed by atoms with Crippen LogP contribution in [0, 0.1) is 23.5 Å². The fraction of sp³-hybridized carbons (Fsp3) is 0.517. The van der Waals surface area contributed by atoms with Crippen LogP contribution in [0.2, 0.25) is 0 Å². The highest BCUT2D eigenvalue weighted by atomic mass is 19.4. The molecule has 2 aliphatic heterocycles. The van der Waals surface area contributed by atoms with E-state index in [0.29, 0.717) is 38.4 Å². The molecule has 2 aromatic carbocycles. The number of rotatable bonds is 7. The normalized spacial score (nSPS) is 27.8. The largest absolute Gasteiger partial charge is 0.481 e. The van der Waals surface area contributed by atoms with Gasteiger partial charge in [-0.05, 0) is 91.9 Å². The number of alkyl halides is 3. The zero-order valence-corrected chi connectivity index (χ0v) is 21.7. The Kier molecular flexibility index (Phi) is 7.89. The summed E-state index contributed by atoms with van der Waals surface area (Å²) in [6.45, 7) is 0.881. The van der Waals surface area contributed by atoms with E-state index in [1.807, 2.05) is 0 Å². The Morgan fingerprint density at radius 2 is 1.75 bits per heavy atom. The maximum absolute atomic E-state index is 13.8. The monoisotopic (exact) mass is 566 g/mol. The van der Waals surface area contributed by atoms with Crippen LogP contribution in [0.25, 0.3) is 0 Å². The number of piperidine rings is 1. The first-order valence-corrected chi connectivity index (χ1v) is 13.5. The quantitative estimate of drug-likeness (QED) is 0.455. The molecule has 3 fully saturated rings. The van der Waals surface area contributed by atoms with E-state index >= 15 is 0 Å². The number of nitrogens with one attached hydrogen (secondary N) is 1. The Morgan fingerprint density at radius 1 is 1.02 bits per heavy atom. The van der Waals surface area contributed by atoms with Crippen LogP contribution in [0.15, 0.2) is 42.5 Å². The summed E-state index contributed by atoms with van der Waals surface area (Å²) in [5.41, 5.74) is -1.44. The molecule has 2 heterocycles. The molecule has 0 bridgehead atoms. The van der Waals surface area contributed by atoms with Gasteiger partial charge >= 0.3 is 12.1 Å². The number of aliphatic carboxylic acids is 1. The van der Waals surface area contributed by atoms with Crippen molar-refractivity contribution in [3.8, 4) is 0 Å². The molecule has 2 aromatic rings. The number of hydrogen-bond donors (Lipinski definition) is 2. The molecule has 216 valence electrons. The second-order valence-corrected chi connectivity index (χ2v) is 11.1. The SMILES string of the molecule is O=C(O)C1CN([C@@H]2CC[C@@](C(=O)NCc3cc(F)cc(C(F)(F)F)c3)(C3CC3)OC2)CC[C@H]1c1ccc(F)cc1. The molecule has 6 nitrogen and oxygen atoms in total. The first-order valence-electron chi connectivity index (χ1n) is 13.5. The number of halogens is 5. The van der Waals surface area contributed by atoms with E-state index in [-0.39, 0.29) is 42.4 Å². The predicted octanol–water partition coefficient (Wildman–Crippen LogP) is 5.12. The van der Waals surface area contributed by atoms with Crippen LogP contribution >= 0.6 is 0 Å².